The number of thiocarbonyl (C=S) groups is 1. The van der Waals surface area contributed by atoms with E-state index in [1.165, 1.54) is 11.1 Å². The van der Waals surface area contributed by atoms with Gasteiger partial charge in [-0.05, 0) is 60.1 Å². The molecule has 0 unspecified atom stereocenters. The molecule has 126 valence electrons. The third kappa shape index (κ3) is 4.59. The molecule has 0 saturated heterocycles. The molecule has 0 fully saturated rings. The van der Waals surface area contributed by atoms with Gasteiger partial charge < -0.3 is 10.6 Å². The van der Waals surface area contributed by atoms with Gasteiger partial charge in [0.05, 0.1) is 6.04 Å². The van der Waals surface area contributed by atoms with Crippen LogP contribution in [0.2, 0.25) is 5.02 Å². The van der Waals surface area contributed by atoms with E-state index in [0.29, 0.717) is 10.1 Å². The smallest absolute Gasteiger partial charge is 0.171 e. The van der Waals surface area contributed by atoms with Crippen LogP contribution in [0.1, 0.15) is 22.7 Å². The van der Waals surface area contributed by atoms with E-state index < -0.39 is 0 Å². The van der Waals surface area contributed by atoms with Gasteiger partial charge in [-0.2, -0.15) is 0 Å². The van der Waals surface area contributed by atoms with Crippen molar-refractivity contribution in [3.63, 3.8) is 0 Å². The van der Waals surface area contributed by atoms with E-state index in [-0.39, 0.29) is 6.04 Å². The molecule has 1 atom stereocenters. The Labute approximate surface area is 158 Å². The quantitative estimate of drug-likeness (QED) is 0.577. The van der Waals surface area contributed by atoms with Crippen LogP contribution in [0.25, 0.3) is 0 Å². The summed E-state index contributed by atoms with van der Waals surface area (Å²) in [5.74, 6) is 0. The highest BCUT2D eigenvalue weighted by Gasteiger charge is 2.16. The summed E-state index contributed by atoms with van der Waals surface area (Å²) in [6, 6.07) is 26.1. The van der Waals surface area contributed by atoms with Crippen molar-refractivity contribution in [1.82, 2.24) is 5.32 Å². The summed E-state index contributed by atoms with van der Waals surface area (Å²) in [6.07, 6.45) is 0. The molecule has 0 bridgehead atoms. The van der Waals surface area contributed by atoms with Crippen LogP contribution in [0, 0.1) is 6.92 Å². The van der Waals surface area contributed by atoms with Crippen molar-refractivity contribution in [2.45, 2.75) is 13.0 Å². The van der Waals surface area contributed by atoms with Gasteiger partial charge in [0.15, 0.2) is 5.11 Å². The van der Waals surface area contributed by atoms with E-state index in [1.54, 1.807) is 0 Å². The van der Waals surface area contributed by atoms with Gasteiger partial charge in [-0.1, -0.05) is 66.2 Å². The van der Waals surface area contributed by atoms with Crippen LogP contribution in [0.4, 0.5) is 5.69 Å². The number of anilines is 1. The van der Waals surface area contributed by atoms with Gasteiger partial charge in [0, 0.05) is 10.7 Å². The zero-order valence-corrected chi connectivity index (χ0v) is 15.4. The average molecular weight is 367 g/mol. The van der Waals surface area contributed by atoms with E-state index in [9.17, 15) is 0 Å². The summed E-state index contributed by atoms with van der Waals surface area (Å²) >= 11 is 11.5. The molecule has 0 heterocycles. The molecule has 3 aromatic carbocycles. The molecule has 3 rings (SSSR count). The van der Waals surface area contributed by atoms with Crippen LogP contribution in [-0.4, -0.2) is 5.11 Å². The molecule has 0 spiro atoms. The first-order valence-corrected chi connectivity index (χ1v) is 8.85. The number of aryl methyl sites for hydroxylation is 1. The molecule has 0 aromatic heterocycles. The molecule has 2 nitrogen and oxygen atoms in total. The van der Waals surface area contributed by atoms with Gasteiger partial charge in [0.25, 0.3) is 0 Å². The van der Waals surface area contributed by atoms with Crippen molar-refractivity contribution >= 4 is 34.6 Å². The van der Waals surface area contributed by atoms with Crippen LogP contribution >= 0.6 is 23.8 Å². The fourth-order valence-electron chi connectivity index (χ4n) is 2.73. The standard InChI is InChI=1S/C21H19ClN2S/c1-15-7-5-6-10-19(15)20(16-8-3-2-4-9-16)24-21(25)23-18-13-11-17(22)12-14-18/h2-14,20H,1H3,(H2,23,24,25)/t20-/m0/s1. The molecule has 0 amide bonds. The lowest BCUT2D eigenvalue weighted by molar-refractivity contribution is 0.762. The van der Waals surface area contributed by atoms with Crippen molar-refractivity contribution in [3.05, 3.63) is 101 Å². The molecule has 4 heteroatoms. The Bertz CT molecular complexity index is 847. The van der Waals surface area contributed by atoms with Gasteiger partial charge in [-0.25, -0.2) is 0 Å². The monoisotopic (exact) mass is 366 g/mol. The fourth-order valence-corrected chi connectivity index (χ4v) is 3.09. The summed E-state index contributed by atoms with van der Waals surface area (Å²) in [5.41, 5.74) is 4.49. The molecule has 0 aliphatic heterocycles. The van der Waals surface area contributed by atoms with Gasteiger partial charge in [0.2, 0.25) is 0 Å². The topological polar surface area (TPSA) is 24.1 Å². The molecule has 3 aromatic rings. The van der Waals surface area contributed by atoms with E-state index in [2.05, 4.69) is 47.9 Å². The van der Waals surface area contributed by atoms with E-state index in [0.717, 1.165) is 11.3 Å². The van der Waals surface area contributed by atoms with Crippen molar-refractivity contribution in [1.29, 1.82) is 0 Å². The van der Waals surface area contributed by atoms with Gasteiger partial charge in [-0.3, -0.25) is 0 Å². The Balaban J connectivity index is 1.84. The second kappa shape index (κ2) is 8.15. The zero-order valence-electron chi connectivity index (χ0n) is 13.9. The molecular formula is C21H19ClN2S. The summed E-state index contributed by atoms with van der Waals surface area (Å²) in [6.45, 7) is 2.11. The minimum Gasteiger partial charge on any atom is -0.352 e. The largest absolute Gasteiger partial charge is 0.352 e. The summed E-state index contributed by atoms with van der Waals surface area (Å²) in [7, 11) is 0. The number of hydrogen-bond donors (Lipinski definition) is 2. The lowest BCUT2D eigenvalue weighted by atomic mass is 9.95. The molecule has 0 aliphatic carbocycles. The maximum absolute atomic E-state index is 5.93. The van der Waals surface area contributed by atoms with Crippen molar-refractivity contribution in [2.24, 2.45) is 0 Å². The SMILES string of the molecule is Cc1ccccc1[C@@H](NC(=S)Nc1ccc(Cl)cc1)c1ccccc1. The Morgan fingerprint density at radius 3 is 2.20 bits per heavy atom. The third-order valence-corrected chi connectivity index (χ3v) is 4.48. The lowest BCUT2D eigenvalue weighted by Crippen LogP contribution is -2.33. The molecule has 25 heavy (non-hydrogen) atoms. The van der Waals surface area contributed by atoms with Crippen LogP contribution < -0.4 is 10.6 Å². The molecule has 0 radical (unpaired) electrons. The van der Waals surface area contributed by atoms with Gasteiger partial charge >= 0.3 is 0 Å². The van der Waals surface area contributed by atoms with E-state index in [1.807, 2.05) is 48.5 Å². The van der Waals surface area contributed by atoms with Crippen LogP contribution in [0.15, 0.2) is 78.9 Å². The maximum Gasteiger partial charge on any atom is 0.171 e. The number of hydrogen-bond acceptors (Lipinski definition) is 1. The second-order valence-corrected chi connectivity index (χ2v) is 6.65. The minimum absolute atomic E-state index is 0.0188. The lowest BCUT2D eigenvalue weighted by Gasteiger charge is -2.23. The summed E-state index contributed by atoms with van der Waals surface area (Å²) in [4.78, 5) is 0. The second-order valence-electron chi connectivity index (χ2n) is 5.81. The maximum atomic E-state index is 5.93. The Kier molecular flexibility index (Phi) is 5.69. The molecule has 0 aliphatic rings. The van der Waals surface area contributed by atoms with E-state index >= 15 is 0 Å². The molecular weight excluding hydrogens is 348 g/mol. The Morgan fingerprint density at radius 1 is 0.880 bits per heavy atom. The average Bonchev–Trinajstić information content (AvgIpc) is 2.63. The first kappa shape index (κ1) is 17.5. The highest BCUT2D eigenvalue weighted by molar-refractivity contribution is 7.80. The summed E-state index contributed by atoms with van der Waals surface area (Å²) < 4.78 is 0. The Morgan fingerprint density at radius 2 is 1.52 bits per heavy atom. The zero-order chi connectivity index (χ0) is 17.6. The van der Waals surface area contributed by atoms with Gasteiger partial charge in [0.1, 0.15) is 0 Å². The van der Waals surface area contributed by atoms with Crippen LogP contribution in [-0.2, 0) is 0 Å². The highest BCUT2D eigenvalue weighted by atomic mass is 35.5. The fraction of sp³-hybridized carbons (Fsp3) is 0.0952. The molecule has 2 N–H and O–H groups in total. The first-order chi connectivity index (χ1) is 12.1. The van der Waals surface area contributed by atoms with Gasteiger partial charge in [-0.15, -0.1) is 0 Å². The highest BCUT2D eigenvalue weighted by Crippen LogP contribution is 2.25. The number of rotatable bonds is 4. The third-order valence-electron chi connectivity index (χ3n) is 4.01. The predicted octanol–water partition coefficient (Wildman–Crippen LogP) is 5.72. The normalized spacial score (nSPS) is 11.6. The summed E-state index contributed by atoms with van der Waals surface area (Å²) in [5, 5.41) is 7.93. The van der Waals surface area contributed by atoms with Crippen molar-refractivity contribution < 1.29 is 0 Å². The first-order valence-electron chi connectivity index (χ1n) is 8.07. The van der Waals surface area contributed by atoms with Crippen LogP contribution in [0.5, 0.6) is 0 Å². The number of halogens is 1. The predicted molar refractivity (Wildman–Crippen MR) is 110 cm³/mol. The molecule has 0 saturated carbocycles. The Hall–Kier alpha value is -2.36. The van der Waals surface area contributed by atoms with Crippen molar-refractivity contribution in [2.75, 3.05) is 5.32 Å². The number of benzene rings is 3. The van der Waals surface area contributed by atoms with E-state index in [4.69, 9.17) is 23.8 Å². The minimum atomic E-state index is -0.0188. The number of nitrogens with one attached hydrogen (secondary N) is 2. The van der Waals surface area contributed by atoms with Crippen LogP contribution in [0.3, 0.4) is 0 Å². The van der Waals surface area contributed by atoms with Crippen molar-refractivity contribution in [3.8, 4) is 0 Å².